The Bertz CT molecular complexity index is 639. The highest BCUT2D eigenvalue weighted by molar-refractivity contribution is 7.89. The van der Waals surface area contributed by atoms with Gasteiger partial charge in [0.05, 0.1) is 4.90 Å². The van der Waals surface area contributed by atoms with Crippen LogP contribution in [0.1, 0.15) is 0 Å². The molecule has 1 atom stereocenters. The van der Waals surface area contributed by atoms with Gasteiger partial charge in [-0.2, -0.15) is 4.31 Å². The number of hydrogen-bond acceptors (Lipinski definition) is 4. The molecule has 0 radical (unpaired) electrons. The normalized spacial score (nSPS) is 18.2. The van der Waals surface area contributed by atoms with Crippen LogP contribution in [0.4, 0.5) is 4.39 Å². The number of hydrogen-bond donors (Lipinski definition) is 1. The average molecular weight is 338 g/mol. The lowest BCUT2D eigenvalue weighted by molar-refractivity contribution is -0.154. The summed E-state index contributed by atoms with van der Waals surface area (Å²) < 4.78 is 43.6. The van der Waals surface area contributed by atoms with Crippen molar-refractivity contribution in [3.63, 3.8) is 0 Å². The number of sulfonamides is 1. The van der Waals surface area contributed by atoms with Crippen LogP contribution in [0.25, 0.3) is 0 Å². The fraction of sp³-hybridized carbons (Fsp3) is 0.417. The first-order valence-corrected chi connectivity index (χ1v) is 7.79. The third-order valence-corrected chi connectivity index (χ3v) is 5.30. The number of ether oxygens (including phenoxy) is 1. The van der Waals surface area contributed by atoms with Crippen LogP contribution in [-0.4, -0.2) is 50.1 Å². The fourth-order valence-electron chi connectivity index (χ4n) is 2.18. The summed E-state index contributed by atoms with van der Waals surface area (Å²) in [5.41, 5.74) is 0. The van der Waals surface area contributed by atoms with Crippen molar-refractivity contribution in [1.29, 1.82) is 0 Å². The van der Waals surface area contributed by atoms with Gasteiger partial charge >= 0.3 is 5.97 Å². The summed E-state index contributed by atoms with van der Waals surface area (Å²) in [5.74, 6) is -2.34. The van der Waals surface area contributed by atoms with Crippen molar-refractivity contribution in [2.24, 2.45) is 5.92 Å². The van der Waals surface area contributed by atoms with E-state index in [1.807, 2.05) is 0 Å². The molecule has 6 nitrogen and oxygen atoms in total. The molecule has 1 aliphatic rings. The summed E-state index contributed by atoms with van der Waals surface area (Å²) in [4.78, 5) is 10.7. The number of carboxylic acid groups (broad SMARTS) is 1. The van der Waals surface area contributed by atoms with Gasteiger partial charge in [-0.1, -0.05) is 11.6 Å². The van der Waals surface area contributed by atoms with Crippen LogP contribution < -0.4 is 0 Å². The van der Waals surface area contributed by atoms with Gasteiger partial charge in [0, 0.05) is 31.1 Å². The fourth-order valence-corrected chi connectivity index (χ4v) is 4.08. The Hall–Kier alpha value is -1.22. The predicted molar refractivity (Wildman–Crippen MR) is 72.1 cm³/mol. The first kappa shape index (κ1) is 16.2. The van der Waals surface area contributed by atoms with Gasteiger partial charge in [0.2, 0.25) is 10.0 Å². The van der Waals surface area contributed by atoms with Crippen LogP contribution in [-0.2, 0) is 19.6 Å². The van der Waals surface area contributed by atoms with Gasteiger partial charge in [-0.25, -0.2) is 17.6 Å². The number of nitrogens with zero attached hydrogens (tertiary/aromatic N) is 1. The van der Waals surface area contributed by atoms with Crippen molar-refractivity contribution >= 4 is 27.6 Å². The molecule has 1 aromatic rings. The van der Waals surface area contributed by atoms with Crippen molar-refractivity contribution < 1.29 is 27.4 Å². The molecular weight excluding hydrogens is 325 g/mol. The van der Waals surface area contributed by atoms with E-state index in [2.05, 4.69) is 0 Å². The van der Waals surface area contributed by atoms with Crippen LogP contribution >= 0.6 is 11.6 Å². The predicted octanol–water partition coefficient (Wildman–Crippen LogP) is 1.20. The lowest BCUT2D eigenvalue weighted by Gasteiger charge is -2.40. The Balaban J connectivity index is 2.15. The summed E-state index contributed by atoms with van der Waals surface area (Å²) in [6.07, 6.45) is -1.06. The van der Waals surface area contributed by atoms with Crippen molar-refractivity contribution in [1.82, 2.24) is 4.31 Å². The number of carboxylic acids is 1. The standard InChI is InChI=1S/C12H13ClFNO5S/c1-20-11(12(16)17)7-5-15(6-7)21(18,19)10-3-8(13)2-9(14)4-10/h2-4,7,11H,5-6H2,1H3,(H,16,17). The maximum Gasteiger partial charge on any atom is 0.333 e. The maximum atomic E-state index is 13.2. The zero-order valence-electron chi connectivity index (χ0n) is 11.0. The second kappa shape index (κ2) is 5.88. The molecule has 116 valence electrons. The van der Waals surface area contributed by atoms with E-state index in [1.165, 1.54) is 7.11 Å². The first-order chi connectivity index (χ1) is 9.75. The number of carbonyl (C=O) groups is 1. The van der Waals surface area contributed by atoms with E-state index < -0.39 is 33.8 Å². The van der Waals surface area contributed by atoms with Crippen molar-refractivity contribution in [3.8, 4) is 0 Å². The summed E-state index contributed by atoms with van der Waals surface area (Å²) >= 11 is 5.64. The monoisotopic (exact) mass is 337 g/mol. The van der Waals surface area contributed by atoms with Gasteiger partial charge in [-0.15, -0.1) is 0 Å². The van der Waals surface area contributed by atoms with Gasteiger partial charge < -0.3 is 9.84 Å². The number of halogens is 2. The molecule has 0 aromatic heterocycles. The minimum absolute atomic E-state index is 0.00126. The Labute approximate surface area is 126 Å². The molecule has 21 heavy (non-hydrogen) atoms. The third-order valence-electron chi connectivity index (χ3n) is 3.28. The lowest BCUT2D eigenvalue weighted by atomic mass is 9.96. The summed E-state index contributed by atoms with van der Waals surface area (Å²) in [5, 5.41) is 8.91. The Morgan fingerprint density at radius 3 is 2.57 bits per heavy atom. The molecule has 1 fully saturated rings. The smallest absolute Gasteiger partial charge is 0.333 e. The molecule has 1 aromatic carbocycles. The second-order valence-corrected chi connectivity index (χ2v) is 7.06. The molecule has 0 bridgehead atoms. The van der Waals surface area contributed by atoms with E-state index in [1.54, 1.807) is 0 Å². The SMILES string of the molecule is COC(C(=O)O)C1CN(S(=O)(=O)c2cc(F)cc(Cl)c2)C1. The molecule has 0 amide bonds. The molecule has 2 rings (SSSR count). The molecule has 9 heteroatoms. The highest BCUT2D eigenvalue weighted by Gasteiger charge is 2.43. The van der Waals surface area contributed by atoms with Gasteiger partial charge in [-0.05, 0) is 18.2 Å². The maximum absolute atomic E-state index is 13.2. The average Bonchev–Trinajstić information content (AvgIpc) is 2.30. The van der Waals surface area contributed by atoms with Crippen molar-refractivity contribution in [3.05, 3.63) is 29.0 Å². The van der Waals surface area contributed by atoms with Gasteiger partial charge in [0.1, 0.15) is 5.82 Å². The minimum atomic E-state index is -3.89. The molecule has 1 saturated heterocycles. The number of methoxy groups -OCH3 is 1. The quantitative estimate of drug-likeness (QED) is 0.872. The van der Waals surface area contributed by atoms with E-state index in [0.717, 1.165) is 22.5 Å². The van der Waals surface area contributed by atoms with E-state index in [-0.39, 0.29) is 23.0 Å². The van der Waals surface area contributed by atoms with Crippen LogP contribution in [0.5, 0.6) is 0 Å². The van der Waals surface area contributed by atoms with Crippen LogP contribution in [0.2, 0.25) is 5.02 Å². The van der Waals surface area contributed by atoms with E-state index >= 15 is 0 Å². The second-order valence-electron chi connectivity index (χ2n) is 4.68. The van der Waals surface area contributed by atoms with Gasteiger partial charge in [0.25, 0.3) is 0 Å². The molecule has 0 aliphatic carbocycles. The summed E-state index contributed by atoms with van der Waals surface area (Å²) in [7, 11) is -2.63. The number of benzene rings is 1. The van der Waals surface area contributed by atoms with E-state index in [9.17, 15) is 17.6 Å². The number of aliphatic carboxylic acids is 1. The topological polar surface area (TPSA) is 83.9 Å². The summed E-state index contributed by atoms with van der Waals surface area (Å²) in [6.45, 7) is 0.00252. The molecule has 0 saturated carbocycles. The highest BCUT2D eigenvalue weighted by Crippen LogP contribution is 2.29. The minimum Gasteiger partial charge on any atom is -0.479 e. The third kappa shape index (κ3) is 3.18. The largest absolute Gasteiger partial charge is 0.479 e. The molecular formula is C12H13ClFNO5S. The molecule has 1 aliphatic heterocycles. The van der Waals surface area contributed by atoms with Crippen molar-refractivity contribution in [2.45, 2.75) is 11.0 Å². The van der Waals surface area contributed by atoms with Crippen LogP contribution in [0.15, 0.2) is 23.1 Å². The Morgan fingerprint density at radius 2 is 2.10 bits per heavy atom. The number of rotatable bonds is 5. The van der Waals surface area contributed by atoms with E-state index in [0.29, 0.717) is 0 Å². The van der Waals surface area contributed by atoms with Crippen molar-refractivity contribution in [2.75, 3.05) is 20.2 Å². The molecule has 1 N–H and O–H groups in total. The van der Waals surface area contributed by atoms with Gasteiger partial charge in [-0.3, -0.25) is 0 Å². The highest BCUT2D eigenvalue weighted by atomic mass is 35.5. The Morgan fingerprint density at radius 1 is 1.48 bits per heavy atom. The molecule has 1 unspecified atom stereocenters. The zero-order valence-corrected chi connectivity index (χ0v) is 12.6. The summed E-state index contributed by atoms with van der Waals surface area (Å²) in [6, 6.07) is 3.03. The van der Waals surface area contributed by atoms with Gasteiger partial charge in [0.15, 0.2) is 6.10 Å². The zero-order chi connectivity index (χ0) is 15.8. The molecule has 0 spiro atoms. The van der Waals surface area contributed by atoms with Crippen LogP contribution in [0.3, 0.4) is 0 Å². The first-order valence-electron chi connectivity index (χ1n) is 5.97. The van der Waals surface area contributed by atoms with Crippen LogP contribution in [0, 0.1) is 11.7 Å². The van der Waals surface area contributed by atoms with E-state index in [4.69, 9.17) is 21.4 Å². The molecule has 1 heterocycles. The lowest BCUT2D eigenvalue weighted by Crippen LogP contribution is -2.56. The Kier molecular flexibility index (Phi) is 4.52.